The molecule has 1 aromatic rings. The molecular weight excluding hydrogens is 178 g/mol. The van der Waals surface area contributed by atoms with Crippen LogP contribution in [0.2, 0.25) is 0 Å². The molecule has 1 heterocycles. The second-order valence-electron chi connectivity index (χ2n) is 2.75. The lowest BCUT2D eigenvalue weighted by Gasteiger charge is -1.95. The van der Waals surface area contributed by atoms with Gasteiger partial charge in [0.25, 0.3) is 0 Å². The van der Waals surface area contributed by atoms with Crippen LogP contribution < -0.4 is 4.57 Å². The van der Waals surface area contributed by atoms with E-state index in [1.54, 1.807) is 24.5 Å². The van der Waals surface area contributed by atoms with Crippen LogP contribution in [-0.2, 0) is 0 Å². The third-order valence-corrected chi connectivity index (χ3v) is 1.80. The van der Waals surface area contributed by atoms with Gasteiger partial charge in [-0.3, -0.25) is 4.79 Å². The molecule has 0 aliphatic heterocycles. The van der Waals surface area contributed by atoms with Crippen LogP contribution >= 0.6 is 0 Å². The predicted molar refractivity (Wildman–Crippen MR) is 46.9 cm³/mol. The molecule has 4 nitrogen and oxygen atoms in total. The van der Waals surface area contributed by atoms with Crippen molar-refractivity contribution in [2.24, 2.45) is 0 Å². The number of nitriles is 2. The van der Waals surface area contributed by atoms with Gasteiger partial charge >= 0.3 is 6.04 Å². The Labute approximate surface area is 81.6 Å². The van der Waals surface area contributed by atoms with E-state index in [0.717, 1.165) is 0 Å². The highest BCUT2D eigenvalue weighted by molar-refractivity contribution is 5.93. The number of nitrogens with zero attached hydrogens (tertiary/aromatic N) is 3. The molecular formula is C10H8N3O+. The first-order valence-electron chi connectivity index (χ1n) is 4.00. The maximum absolute atomic E-state index is 10.9. The molecule has 0 amide bonds. The number of rotatable bonds is 2. The molecule has 0 aliphatic carbocycles. The predicted octanol–water partition coefficient (Wildman–Crippen LogP) is 0.765. The van der Waals surface area contributed by atoms with E-state index in [9.17, 15) is 4.79 Å². The number of pyridine rings is 1. The summed E-state index contributed by atoms with van der Waals surface area (Å²) in [7, 11) is 0. The van der Waals surface area contributed by atoms with Gasteiger partial charge in [0, 0.05) is 17.7 Å². The van der Waals surface area contributed by atoms with Crippen molar-refractivity contribution in [1.29, 1.82) is 10.5 Å². The van der Waals surface area contributed by atoms with E-state index in [4.69, 9.17) is 10.5 Å². The Morgan fingerprint density at radius 1 is 1.36 bits per heavy atom. The highest BCUT2D eigenvalue weighted by Crippen LogP contribution is 1.98. The van der Waals surface area contributed by atoms with Gasteiger partial charge in [0.15, 0.2) is 30.3 Å². The Morgan fingerprint density at radius 2 is 1.86 bits per heavy atom. The zero-order chi connectivity index (χ0) is 10.6. The fourth-order valence-corrected chi connectivity index (χ4v) is 1.01. The molecule has 0 fully saturated rings. The highest BCUT2D eigenvalue weighted by Gasteiger charge is 2.15. The van der Waals surface area contributed by atoms with Crippen LogP contribution in [0, 0.1) is 22.7 Å². The molecule has 0 atom stereocenters. The van der Waals surface area contributed by atoms with E-state index in [2.05, 4.69) is 0 Å². The van der Waals surface area contributed by atoms with Gasteiger partial charge in [-0.15, -0.1) is 0 Å². The number of aromatic nitrogens is 1. The summed E-state index contributed by atoms with van der Waals surface area (Å²) in [6.45, 7) is 1.46. The van der Waals surface area contributed by atoms with Gasteiger partial charge in [-0.05, 0) is 6.92 Å². The fourth-order valence-electron chi connectivity index (χ4n) is 1.01. The number of carbonyl (C=O) groups is 1. The minimum atomic E-state index is -0.837. The summed E-state index contributed by atoms with van der Waals surface area (Å²) in [6.07, 6.45) is 3.10. The Balaban J connectivity index is 3.01. The van der Waals surface area contributed by atoms with Gasteiger partial charge in [0.05, 0.1) is 0 Å². The number of Topliss-reactive ketones (excluding diaryl/α,β-unsaturated/α-hetero) is 1. The molecule has 0 aromatic carbocycles. The van der Waals surface area contributed by atoms with Gasteiger partial charge in [-0.25, -0.2) is 0 Å². The van der Waals surface area contributed by atoms with Crippen LogP contribution in [-0.4, -0.2) is 5.78 Å². The average Bonchev–Trinajstić information content (AvgIpc) is 2.20. The van der Waals surface area contributed by atoms with Crippen LogP contribution in [0.3, 0.4) is 0 Å². The molecule has 0 radical (unpaired) electrons. The summed E-state index contributed by atoms with van der Waals surface area (Å²) in [5.41, 5.74) is 0.566. The maximum Gasteiger partial charge on any atom is 0.329 e. The van der Waals surface area contributed by atoms with E-state index in [1.807, 2.05) is 12.1 Å². The first kappa shape index (κ1) is 9.88. The lowest BCUT2D eigenvalue weighted by atomic mass is 10.2. The summed E-state index contributed by atoms with van der Waals surface area (Å²) in [4.78, 5) is 10.9. The largest absolute Gasteiger partial charge is 0.329 e. The molecule has 0 spiro atoms. The van der Waals surface area contributed by atoms with E-state index in [-0.39, 0.29) is 5.78 Å². The third-order valence-electron chi connectivity index (χ3n) is 1.80. The molecule has 0 bridgehead atoms. The Hall–Kier alpha value is -2.20. The Kier molecular flexibility index (Phi) is 2.93. The average molecular weight is 186 g/mol. The molecule has 0 saturated carbocycles. The van der Waals surface area contributed by atoms with Crippen LogP contribution in [0.4, 0.5) is 0 Å². The van der Waals surface area contributed by atoms with Crippen LogP contribution in [0.1, 0.15) is 23.3 Å². The van der Waals surface area contributed by atoms with Crippen molar-refractivity contribution in [2.45, 2.75) is 13.0 Å². The molecule has 0 aliphatic rings. The molecule has 0 saturated heterocycles. The zero-order valence-corrected chi connectivity index (χ0v) is 7.64. The van der Waals surface area contributed by atoms with Crippen molar-refractivity contribution in [2.75, 3.05) is 0 Å². The number of ketones is 1. The number of hydrogen-bond acceptors (Lipinski definition) is 3. The molecule has 0 N–H and O–H groups in total. The summed E-state index contributed by atoms with van der Waals surface area (Å²) >= 11 is 0. The van der Waals surface area contributed by atoms with Crippen molar-refractivity contribution >= 4 is 5.78 Å². The topological polar surface area (TPSA) is 68.5 Å². The minimum Gasteiger partial charge on any atom is -0.295 e. The number of hydrogen-bond donors (Lipinski definition) is 0. The lowest BCUT2D eigenvalue weighted by Crippen LogP contribution is -2.37. The van der Waals surface area contributed by atoms with Crippen LogP contribution in [0.5, 0.6) is 0 Å². The van der Waals surface area contributed by atoms with Crippen molar-refractivity contribution in [3.05, 3.63) is 30.1 Å². The molecule has 4 heteroatoms. The van der Waals surface area contributed by atoms with E-state index >= 15 is 0 Å². The van der Waals surface area contributed by atoms with Gasteiger partial charge < -0.3 is 0 Å². The van der Waals surface area contributed by atoms with Crippen LogP contribution in [0.25, 0.3) is 0 Å². The standard InChI is InChI=1S/C10H8N3O/c1-8(14)9-2-4-13(5-3-9)10(6-11)7-12/h2-5,10H,1H3/q+1. The molecule has 1 rings (SSSR count). The van der Waals surface area contributed by atoms with Crippen molar-refractivity contribution < 1.29 is 9.36 Å². The maximum atomic E-state index is 10.9. The van der Waals surface area contributed by atoms with Gasteiger partial charge in [0.2, 0.25) is 0 Å². The monoisotopic (exact) mass is 186 g/mol. The summed E-state index contributed by atoms with van der Waals surface area (Å²) < 4.78 is 1.45. The second-order valence-corrected chi connectivity index (χ2v) is 2.75. The first-order chi connectivity index (χ1) is 6.69. The van der Waals surface area contributed by atoms with Gasteiger partial charge in [-0.2, -0.15) is 15.1 Å². The van der Waals surface area contributed by atoms with Gasteiger partial charge in [-0.1, -0.05) is 0 Å². The van der Waals surface area contributed by atoms with E-state index in [1.165, 1.54) is 11.5 Å². The highest BCUT2D eigenvalue weighted by atomic mass is 16.1. The van der Waals surface area contributed by atoms with Crippen molar-refractivity contribution in [3.63, 3.8) is 0 Å². The van der Waals surface area contributed by atoms with Crippen LogP contribution in [0.15, 0.2) is 24.5 Å². The first-order valence-corrected chi connectivity index (χ1v) is 4.00. The summed E-state index contributed by atoms with van der Waals surface area (Å²) in [5.74, 6) is -0.0392. The van der Waals surface area contributed by atoms with E-state index < -0.39 is 6.04 Å². The SMILES string of the molecule is CC(=O)c1cc[n+](C(C#N)C#N)cc1. The van der Waals surface area contributed by atoms with Gasteiger partial charge in [0.1, 0.15) is 0 Å². The smallest absolute Gasteiger partial charge is 0.295 e. The zero-order valence-electron chi connectivity index (χ0n) is 7.64. The molecule has 0 unspecified atom stereocenters. The fraction of sp³-hybridized carbons (Fsp3) is 0.200. The molecule has 14 heavy (non-hydrogen) atoms. The minimum absolute atomic E-state index is 0.0392. The second kappa shape index (κ2) is 4.15. The van der Waals surface area contributed by atoms with E-state index in [0.29, 0.717) is 5.56 Å². The summed E-state index contributed by atoms with van der Waals surface area (Å²) in [6, 6.07) is 6.00. The number of carbonyl (C=O) groups excluding carboxylic acids is 1. The molecule has 1 aromatic heterocycles. The Morgan fingerprint density at radius 3 is 2.21 bits per heavy atom. The Bertz CT molecular complexity index is 408. The lowest BCUT2D eigenvalue weighted by molar-refractivity contribution is -0.697. The molecule has 68 valence electrons. The normalized spacial score (nSPS) is 9.14. The van der Waals surface area contributed by atoms with Crippen molar-refractivity contribution in [1.82, 2.24) is 0 Å². The third kappa shape index (κ3) is 1.94. The summed E-state index contributed by atoms with van der Waals surface area (Å²) in [5, 5.41) is 17.2. The quantitative estimate of drug-likeness (QED) is 0.506. The van der Waals surface area contributed by atoms with Crippen molar-refractivity contribution in [3.8, 4) is 12.1 Å².